The quantitative estimate of drug-likeness (QED) is 0.359. The van der Waals surface area contributed by atoms with Gasteiger partial charge in [-0.1, -0.05) is 0 Å². The second-order valence-corrected chi connectivity index (χ2v) is 4.48. The van der Waals surface area contributed by atoms with Gasteiger partial charge in [0.25, 0.3) is 0 Å². The third kappa shape index (κ3) is 41.0. The van der Waals surface area contributed by atoms with Crippen molar-refractivity contribution in [1.29, 1.82) is 0 Å². The monoisotopic (exact) mass is 145 g/mol. The Bertz CT molecular complexity index is 22.4. The molecule has 0 aromatic rings. The maximum absolute atomic E-state index is 4.97. The Balaban J connectivity index is 3.02. The van der Waals surface area contributed by atoms with Gasteiger partial charge in [0.15, 0.2) is 0 Å². The molecular weight excluding hydrogens is 146 g/mol. The van der Waals surface area contributed by atoms with E-state index in [-0.39, 0.29) is 0 Å². The summed E-state index contributed by atoms with van der Waals surface area (Å²) < 4.78 is -1.28. The molecule has 0 radical (unpaired) electrons. The van der Waals surface area contributed by atoms with Crippen LogP contribution in [0.3, 0.4) is 0 Å². The van der Waals surface area contributed by atoms with Gasteiger partial charge < -0.3 is 0 Å². The van der Waals surface area contributed by atoms with Crippen LogP contribution in [0.4, 0.5) is 0 Å². The Labute approximate surface area is 48.8 Å². The van der Waals surface area contributed by atoms with Crippen LogP contribution in [-0.2, 0) is 0 Å². The zero-order valence-electron chi connectivity index (χ0n) is 2.13. The van der Waals surface area contributed by atoms with Crippen molar-refractivity contribution in [2.45, 2.75) is 3.42 Å². The van der Waals surface area contributed by atoms with Crippen LogP contribution < -0.4 is 0 Å². The van der Waals surface area contributed by atoms with Crippen LogP contribution in [0.1, 0.15) is 0 Å². The van der Waals surface area contributed by atoms with Crippen LogP contribution in [-0.4, -0.2) is 13.7 Å². The van der Waals surface area contributed by atoms with Crippen molar-refractivity contribution in [2.75, 3.05) is 0 Å². The molecule has 5 heavy (non-hydrogen) atoms. The molecule has 0 heterocycles. The third-order valence-electron chi connectivity index (χ3n) is 0. The molecule has 0 fully saturated rings. The van der Waals surface area contributed by atoms with E-state index in [1.165, 1.54) is 0 Å². The second-order valence-electron chi connectivity index (χ2n) is 0.498. The minimum absolute atomic E-state index is 1.28. The maximum atomic E-state index is 4.97. The molecule has 0 aliphatic carbocycles. The van der Waals surface area contributed by atoms with E-state index < -0.39 is 3.42 Å². The van der Waals surface area contributed by atoms with Gasteiger partial charge in [-0.2, -0.15) is 0 Å². The van der Waals surface area contributed by atoms with Crippen molar-refractivity contribution in [1.82, 2.24) is 0 Å². The molecule has 0 aliphatic heterocycles. The molecule has 4 heteroatoms. The Morgan fingerprint density at radius 3 is 1.20 bits per heavy atom. The summed E-state index contributed by atoms with van der Waals surface area (Å²) in [5, 5.41) is 0. The molecule has 0 bridgehead atoms. The van der Waals surface area contributed by atoms with E-state index in [4.69, 9.17) is 34.8 Å². The summed E-state index contributed by atoms with van der Waals surface area (Å²) in [7, 11) is 2.72. The number of alkyl halides is 3. The van der Waals surface area contributed by atoms with Gasteiger partial charge in [0.2, 0.25) is 0 Å². The summed E-state index contributed by atoms with van der Waals surface area (Å²) in [5.41, 5.74) is 0. The van der Waals surface area contributed by atoms with Gasteiger partial charge in [-0.15, -0.1) is 0 Å². The summed E-state index contributed by atoms with van der Waals surface area (Å²) in [6.45, 7) is 0. The standard InChI is InChI=1S/CCl3Si/c2-1(3,4)5/q+3. The van der Waals surface area contributed by atoms with Gasteiger partial charge >= 0.3 is 48.5 Å². The fraction of sp³-hybridized carbons (Fsp3) is 1.00. The van der Waals surface area contributed by atoms with Crippen LogP contribution in [0.15, 0.2) is 0 Å². The van der Waals surface area contributed by atoms with Crippen molar-refractivity contribution < 1.29 is 0 Å². The molecule has 0 rings (SSSR count). The molecule has 0 atom stereocenters. The van der Waals surface area contributed by atoms with Crippen LogP contribution in [0.2, 0.25) is 0 Å². The van der Waals surface area contributed by atoms with E-state index >= 15 is 0 Å². The van der Waals surface area contributed by atoms with Crippen molar-refractivity contribution >= 4 is 45.0 Å². The molecular formula is CCl3Si+3. The van der Waals surface area contributed by atoms with Gasteiger partial charge in [-0.05, 0) is 0 Å². The normalized spacial score (nSPS) is 12.2. The average molecular weight is 146 g/mol. The molecule has 0 aromatic carbocycles. The van der Waals surface area contributed by atoms with Gasteiger partial charge in [0.05, 0.1) is 0 Å². The first kappa shape index (κ1) is 6.09. The summed E-state index contributed by atoms with van der Waals surface area (Å²) in [4.78, 5) is 0. The number of rotatable bonds is 0. The van der Waals surface area contributed by atoms with E-state index in [9.17, 15) is 0 Å². The zero-order valence-corrected chi connectivity index (χ0v) is 5.40. The fourth-order valence-corrected chi connectivity index (χ4v) is 0. The Hall–Kier alpha value is 1.09. The van der Waals surface area contributed by atoms with Crippen molar-refractivity contribution in [3.8, 4) is 0 Å². The third-order valence-corrected chi connectivity index (χ3v) is 0. The fourth-order valence-electron chi connectivity index (χ4n) is 0. The molecule has 26 valence electrons. The number of hydrogen-bond donors (Lipinski definition) is 0. The SMILES string of the molecule is [Si+3]C(Cl)(Cl)Cl. The minimum atomic E-state index is -1.28. The van der Waals surface area contributed by atoms with Gasteiger partial charge in [-0.3, -0.25) is 0 Å². The summed E-state index contributed by atoms with van der Waals surface area (Å²) in [5.74, 6) is 0. The van der Waals surface area contributed by atoms with Crippen LogP contribution in [0.25, 0.3) is 0 Å². The van der Waals surface area contributed by atoms with E-state index in [2.05, 4.69) is 10.2 Å². The number of halogens is 3. The molecule has 0 saturated carbocycles. The predicted molar refractivity (Wildman–Crippen MR) is 26.0 cm³/mol. The van der Waals surface area contributed by atoms with Crippen molar-refractivity contribution in [2.24, 2.45) is 0 Å². The molecule has 0 aliphatic rings. The first-order valence-corrected chi connectivity index (χ1v) is 2.45. The topological polar surface area (TPSA) is 0 Å². The molecule has 0 amide bonds. The molecule has 0 N–H and O–H groups in total. The van der Waals surface area contributed by atoms with Crippen LogP contribution >= 0.6 is 34.8 Å². The second kappa shape index (κ2) is 1.69. The zero-order chi connectivity index (χ0) is 4.50. The van der Waals surface area contributed by atoms with Crippen molar-refractivity contribution in [3.63, 3.8) is 0 Å². The summed E-state index contributed by atoms with van der Waals surface area (Å²) >= 11 is 14.9. The molecule has 0 spiro atoms. The summed E-state index contributed by atoms with van der Waals surface area (Å²) in [6, 6.07) is 0. The number of hydrogen-bond acceptors (Lipinski definition) is 0. The first-order chi connectivity index (χ1) is 2.00. The van der Waals surface area contributed by atoms with Gasteiger partial charge in [-0.25, -0.2) is 0 Å². The Kier molecular flexibility index (Phi) is 2.06. The predicted octanol–water partition coefficient (Wildman–Crippen LogP) is 1.48. The molecule has 0 nitrogen and oxygen atoms in total. The van der Waals surface area contributed by atoms with Gasteiger partial charge in [0, 0.05) is 0 Å². The summed E-state index contributed by atoms with van der Waals surface area (Å²) in [6.07, 6.45) is 0. The molecule has 0 unspecified atom stereocenters. The Morgan fingerprint density at radius 2 is 1.20 bits per heavy atom. The van der Waals surface area contributed by atoms with E-state index in [1.807, 2.05) is 0 Å². The average Bonchev–Trinajstić information content (AvgIpc) is 0.722. The van der Waals surface area contributed by atoms with Crippen LogP contribution in [0.5, 0.6) is 0 Å². The first-order valence-electron chi connectivity index (χ1n) is 0.817. The van der Waals surface area contributed by atoms with Gasteiger partial charge in [0.1, 0.15) is 0 Å². The van der Waals surface area contributed by atoms with E-state index in [0.717, 1.165) is 0 Å². The van der Waals surface area contributed by atoms with Crippen molar-refractivity contribution in [3.05, 3.63) is 0 Å². The van der Waals surface area contributed by atoms with E-state index in [0.29, 0.717) is 0 Å². The van der Waals surface area contributed by atoms with E-state index in [1.54, 1.807) is 0 Å². The molecule has 0 saturated heterocycles. The molecule has 0 aromatic heterocycles. The Morgan fingerprint density at radius 1 is 1.20 bits per heavy atom. The van der Waals surface area contributed by atoms with Crippen LogP contribution in [0, 0.1) is 0 Å².